The maximum Gasteiger partial charge on any atom is 0.145 e. The van der Waals surface area contributed by atoms with Gasteiger partial charge in [0.2, 0.25) is 0 Å². The Morgan fingerprint density at radius 3 is 2.71 bits per heavy atom. The minimum absolute atomic E-state index is 0.183. The van der Waals surface area contributed by atoms with Crippen LogP contribution in [0.15, 0.2) is 18.5 Å². The molecule has 0 aliphatic heterocycles. The molecule has 4 heteroatoms. The van der Waals surface area contributed by atoms with E-state index in [0.717, 1.165) is 25.5 Å². The summed E-state index contributed by atoms with van der Waals surface area (Å²) >= 11 is 0. The number of hydrogen-bond donors (Lipinski definition) is 1. The Morgan fingerprint density at radius 2 is 2.14 bits per heavy atom. The zero-order chi connectivity index (χ0) is 10.2. The predicted molar refractivity (Wildman–Crippen MR) is 54.9 cm³/mol. The molecule has 78 valence electrons. The van der Waals surface area contributed by atoms with E-state index in [1.165, 1.54) is 0 Å². The van der Waals surface area contributed by atoms with Crippen molar-refractivity contribution < 1.29 is 4.74 Å². The van der Waals surface area contributed by atoms with Crippen molar-refractivity contribution in [3.8, 4) is 0 Å². The highest BCUT2D eigenvalue weighted by molar-refractivity contribution is 4.95. The Bertz CT molecular complexity index is 240. The van der Waals surface area contributed by atoms with Crippen molar-refractivity contribution >= 4 is 0 Å². The van der Waals surface area contributed by atoms with E-state index in [4.69, 9.17) is 4.74 Å². The average molecular weight is 195 g/mol. The molecule has 0 bridgehead atoms. The zero-order valence-corrected chi connectivity index (χ0v) is 8.73. The van der Waals surface area contributed by atoms with Gasteiger partial charge in [0.15, 0.2) is 0 Å². The van der Waals surface area contributed by atoms with E-state index in [-0.39, 0.29) is 6.04 Å². The molecule has 0 fully saturated rings. The van der Waals surface area contributed by atoms with Crippen molar-refractivity contribution in [3.63, 3.8) is 0 Å². The molecular formula is C10H17N3O. The molecule has 4 nitrogen and oxygen atoms in total. The van der Waals surface area contributed by atoms with Gasteiger partial charge in [-0.3, -0.25) is 0 Å². The van der Waals surface area contributed by atoms with Crippen LogP contribution in [0, 0.1) is 0 Å². The van der Waals surface area contributed by atoms with Gasteiger partial charge in [-0.1, -0.05) is 0 Å². The maximum atomic E-state index is 5.29. The molecule has 0 spiro atoms. The summed E-state index contributed by atoms with van der Waals surface area (Å²) in [5.74, 6) is 0.828. The Balaban J connectivity index is 2.46. The van der Waals surface area contributed by atoms with E-state index in [1.807, 2.05) is 20.0 Å². The van der Waals surface area contributed by atoms with Crippen LogP contribution in [-0.2, 0) is 4.74 Å². The third-order valence-corrected chi connectivity index (χ3v) is 2.00. The molecule has 0 saturated heterocycles. The van der Waals surface area contributed by atoms with Crippen molar-refractivity contribution in [2.45, 2.75) is 19.4 Å². The fourth-order valence-electron chi connectivity index (χ4n) is 1.24. The Morgan fingerprint density at radius 1 is 1.43 bits per heavy atom. The predicted octanol–water partition coefficient (Wildman–Crippen LogP) is 1.16. The summed E-state index contributed by atoms with van der Waals surface area (Å²) in [5, 5.41) is 3.17. The standard InChI is InChI=1S/C10H17N3O/c1-3-14-8-5-9(11-2)10-12-6-4-7-13-10/h4,6-7,9,11H,3,5,8H2,1-2H3. The summed E-state index contributed by atoms with van der Waals surface area (Å²) < 4.78 is 5.29. The molecule has 0 saturated carbocycles. The van der Waals surface area contributed by atoms with Gasteiger partial charge in [0.1, 0.15) is 5.82 Å². The molecule has 0 aromatic carbocycles. The summed E-state index contributed by atoms with van der Waals surface area (Å²) in [6, 6.07) is 2.00. The van der Waals surface area contributed by atoms with Crippen LogP contribution in [-0.4, -0.2) is 30.2 Å². The molecule has 0 aliphatic carbocycles. The number of hydrogen-bond acceptors (Lipinski definition) is 4. The van der Waals surface area contributed by atoms with Gasteiger partial charge in [0.05, 0.1) is 6.04 Å². The molecule has 1 unspecified atom stereocenters. The van der Waals surface area contributed by atoms with E-state index in [2.05, 4.69) is 15.3 Å². The fraction of sp³-hybridized carbons (Fsp3) is 0.600. The van der Waals surface area contributed by atoms with Crippen LogP contribution < -0.4 is 5.32 Å². The van der Waals surface area contributed by atoms with Gasteiger partial charge in [0, 0.05) is 25.6 Å². The highest BCUT2D eigenvalue weighted by Gasteiger charge is 2.10. The molecule has 1 N–H and O–H groups in total. The zero-order valence-electron chi connectivity index (χ0n) is 8.73. The molecule has 0 radical (unpaired) electrons. The lowest BCUT2D eigenvalue weighted by Crippen LogP contribution is -2.20. The normalized spacial score (nSPS) is 12.7. The number of aromatic nitrogens is 2. The van der Waals surface area contributed by atoms with Gasteiger partial charge in [-0.25, -0.2) is 9.97 Å². The van der Waals surface area contributed by atoms with Crippen LogP contribution in [0.25, 0.3) is 0 Å². The number of nitrogens with zero attached hydrogens (tertiary/aromatic N) is 2. The first-order valence-corrected chi connectivity index (χ1v) is 4.90. The lowest BCUT2D eigenvalue weighted by atomic mass is 10.2. The second-order valence-electron chi connectivity index (χ2n) is 2.93. The quantitative estimate of drug-likeness (QED) is 0.692. The van der Waals surface area contributed by atoms with Crippen LogP contribution in [0.5, 0.6) is 0 Å². The van der Waals surface area contributed by atoms with E-state index < -0.39 is 0 Å². The molecule has 0 aliphatic rings. The molecule has 0 amide bonds. The Kier molecular flexibility index (Phi) is 5.11. The Hall–Kier alpha value is -1.00. The van der Waals surface area contributed by atoms with Gasteiger partial charge in [-0.05, 0) is 26.5 Å². The minimum atomic E-state index is 0.183. The lowest BCUT2D eigenvalue weighted by Gasteiger charge is -2.13. The van der Waals surface area contributed by atoms with Crippen LogP contribution >= 0.6 is 0 Å². The third-order valence-electron chi connectivity index (χ3n) is 2.00. The molecule has 1 heterocycles. The van der Waals surface area contributed by atoms with E-state index in [1.54, 1.807) is 12.4 Å². The van der Waals surface area contributed by atoms with Gasteiger partial charge in [0.25, 0.3) is 0 Å². The monoisotopic (exact) mass is 195 g/mol. The van der Waals surface area contributed by atoms with Crippen molar-refractivity contribution in [3.05, 3.63) is 24.3 Å². The molecule has 1 aromatic heterocycles. The van der Waals surface area contributed by atoms with E-state index >= 15 is 0 Å². The van der Waals surface area contributed by atoms with Crippen molar-refractivity contribution in [2.75, 3.05) is 20.3 Å². The van der Waals surface area contributed by atoms with E-state index in [0.29, 0.717) is 0 Å². The van der Waals surface area contributed by atoms with Gasteiger partial charge >= 0.3 is 0 Å². The first-order valence-electron chi connectivity index (χ1n) is 4.90. The highest BCUT2D eigenvalue weighted by Crippen LogP contribution is 2.10. The molecular weight excluding hydrogens is 178 g/mol. The lowest BCUT2D eigenvalue weighted by molar-refractivity contribution is 0.136. The smallest absolute Gasteiger partial charge is 0.145 e. The topological polar surface area (TPSA) is 47.0 Å². The van der Waals surface area contributed by atoms with Gasteiger partial charge in [-0.2, -0.15) is 0 Å². The number of ether oxygens (including phenoxy) is 1. The molecule has 1 atom stereocenters. The van der Waals surface area contributed by atoms with Crippen molar-refractivity contribution in [1.82, 2.24) is 15.3 Å². The highest BCUT2D eigenvalue weighted by atomic mass is 16.5. The third kappa shape index (κ3) is 3.40. The number of rotatable bonds is 6. The molecule has 14 heavy (non-hydrogen) atoms. The molecule has 1 rings (SSSR count). The van der Waals surface area contributed by atoms with Crippen LogP contribution in [0.2, 0.25) is 0 Å². The second kappa shape index (κ2) is 6.45. The minimum Gasteiger partial charge on any atom is -0.382 e. The second-order valence-corrected chi connectivity index (χ2v) is 2.93. The number of nitrogens with one attached hydrogen (secondary N) is 1. The summed E-state index contributed by atoms with van der Waals surface area (Å²) in [6.45, 7) is 3.49. The summed E-state index contributed by atoms with van der Waals surface area (Å²) in [4.78, 5) is 8.40. The van der Waals surface area contributed by atoms with Gasteiger partial charge < -0.3 is 10.1 Å². The van der Waals surface area contributed by atoms with Crippen molar-refractivity contribution in [1.29, 1.82) is 0 Å². The van der Waals surface area contributed by atoms with Crippen LogP contribution in [0.3, 0.4) is 0 Å². The van der Waals surface area contributed by atoms with Crippen LogP contribution in [0.4, 0.5) is 0 Å². The van der Waals surface area contributed by atoms with Crippen molar-refractivity contribution in [2.24, 2.45) is 0 Å². The fourth-order valence-corrected chi connectivity index (χ4v) is 1.24. The van der Waals surface area contributed by atoms with Gasteiger partial charge in [-0.15, -0.1) is 0 Å². The first-order chi connectivity index (χ1) is 6.88. The summed E-state index contributed by atoms with van der Waals surface area (Å²) in [6.07, 6.45) is 4.41. The first kappa shape index (κ1) is 11.1. The largest absolute Gasteiger partial charge is 0.382 e. The maximum absolute atomic E-state index is 5.29. The average Bonchev–Trinajstić information content (AvgIpc) is 2.26. The summed E-state index contributed by atoms with van der Waals surface area (Å²) in [5.41, 5.74) is 0. The summed E-state index contributed by atoms with van der Waals surface area (Å²) in [7, 11) is 1.91. The Labute approximate surface area is 84.7 Å². The van der Waals surface area contributed by atoms with Crippen LogP contribution in [0.1, 0.15) is 25.2 Å². The SMILES string of the molecule is CCOCCC(NC)c1ncccn1. The molecule has 1 aromatic rings. The van der Waals surface area contributed by atoms with E-state index in [9.17, 15) is 0 Å².